The first-order valence-corrected chi connectivity index (χ1v) is 5.69. The number of pyridine rings is 1. The highest BCUT2D eigenvalue weighted by Crippen LogP contribution is 2.23. The summed E-state index contributed by atoms with van der Waals surface area (Å²) in [4.78, 5) is 4.25. The number of hydrogen-bond donors (Lipinski definition) is 0. The van der Waals surface area contributed by atoms with Gasteiger partial charge in [0, 0.05) is 12.1 Å². The zero-order valence-corrected chi connectivity index (χ0v) is 10.1. The van der Waals surface area contributed by atoms with Crippen LogP contribution in [0.4, 0.5) is 0 Å². The van der Waals surface area contributed by atoms with Gasteiger partial charge in [-0.2, -0.15) is 0 Å². The Morgan fingerprint density at radius 2 is 1.88 bits per heavy atom. The number of aromatic nitrogens is 1. The molecule has 0 fully saturated rings. The minimum absolute atomic E-state index is 0.370. The average Bonchev–Trinajstić information content (AvgIpc) is 2.39. The summed E-state index contributed by atoms with van der Waals surface area (Å²) in [5.41, 5.74) is 0.784. The topological polar surface area (TPSA) is 31.4 Å². The third-order valence-corrected chi connectivity index (χ3v) is 2.46. The lowest BCUT2D eigenvalue weighted by molar-refractivity contribution is 0.407. The lowest BCUT2D eigenvalue weighted by Gasteiger charge is -2.06. The molecular weight excluding hydrogens is 238 g/mol. The Labute approximate surface area is 105 Å². The van der Waals surface area contributed by atoms with Crippen molar-refractivity contribution >= 4 is 11.6 Å². The van der Waals surface area contributed by atoms with E-state index in [4.69, 9.17) is 21.1 Å². The minimum Gasteiger partial charge on any atom is -0.497 e. The fourth-order valence-corrected chi connectivity index (χ4v) is 1.52. The molecule has 1 aromatic heterocycles. The second-order valence-corrected chi connectivity index (χ2v) is 3.65. The Kier molecular flexibility index (Phi) is 3.83. The highest BCUT2D eigenvalue weighted by atomic mass is 35.5. The van der Waals surface area contributed by atoms with Crippen molar-refractivity contribution in [2.75, 3.05) is 7.11 Å². The van der Waals surface area contributed by atoms with Crippen LogP contribution in [0.1, 0.15) is 5.69 Å². The van der Waals surface area contributed by atoms with Gasteiger partial charge in [-0.25, -0.2) is 4.98 Å². The molecule has 0 spiro atoms. The highest BCUT2D eigenvalue weighted by Gasteiger charge is 2.01. The first-order valence-electron chi connectivity index (χ1n) is 5.15. The maximum absolute atomic E-state index is 5.71. The highest BCUT2D eigenvalue weighted by molar-refractivity contribution is 6.16. The van der Waals surface area contributed by atoms with Gasteiger partial charge in [0.1, 0.15) is 11.5 Å². The number of alkyl halides is 1. The predicted octanol–water partition coefficient (Wildman–Crippen LogP) is 3.62. The molecule has 1 heterocycles. The van der Waals surface area contributed by atoms with E-state index in [0.29, 0.717) is 17.5 Å². The van der Waals surface area contributed by atoms with Crippen molar-refractivity contribution < 1.29 is 9.47 Å². The van der Waals surface area contributed by atoms with E-state index in [2.05, 4.69) is 4.98 Å². The van der Waals surface area contributed by atoms with E-state index >= 15 is 0 Å². The van der Waals surface area contributed by atoms with E-state index < -0.39 is 0 Å². The van der Waals surface area contributed by atoms with Crippen LogP contribution in [-0.2, 0) is 5.88 Å². The number of halogens is 1. The fourth-order valence-electron chi connectivity index (χ4n) is 1.37. The smallest absolute Gasteiger partial charge is 0.219 e. The van der Waals surface area contributed by atoms with Gasteiger partial charge in [0.25, 0.3) is 0 Å². The van der Waals surface area contributed by atoms with Crippen LogP contribution >= 0.6 is 11.6 Å². The molecule has 0 radical (unpaired) electrons. The second-order valence-electron chi connectivity index (χ2n) is 3.38. The summed E-state index contributed by atoms with van der Waals surface area (Å²) in [5.74, 6) is 2.32. The first-order chi connectivity index (χ1) is 8.31. The van der Waals surface area contributed by atoms with Crippen LogP contribution in [0.5, 0.6) is 17.4 Å². The number of ether oxygens (including phenoxy) is 2. The van der Waals surface area contributed by atoms with E-state index in [-0.39, 0.29) is 0 Å². The molecule has 0 amide bonds. The monoisotopic (exact) mass is 249 g/mol. The van der Waals surface area contributed by atoms with E-state index in [0.717, 1.165) is 11.4 Å². The molecule has 4 heteroatoms. The summed E-state index contributed by atoms with van der Waals surface area (Å²) in [6.07, 6.45) is 0. The molecule has 2 rings (SSSR count). The number of rotatable bonds is 4. The lowest BCUT2D eigenvalue weighted by atomic mass is 10.3. The van der Waals surface area contributed by atoms with Crippen molar-refractivity contribution in [3.05, 3.63) is 48.2 Å². The summed E-state index contributed by atoms with van der Waals surface area (Å²) >= 11 is 5.71. The van der Waals surface area contributed by atoms with Crippen LogP contribution in [0, 0.1) is 0 Å². The van der Waals surface area contributed by atoms with Gasteiger partial charge >= 0.3 is 0 Å². The molecule has 0 saturated heterocycles. The predicted molar refractivity (Wildman–Crippen MR) is 66.9 cm³/mol. The summed E-state index contributed by atoms with van der Waals surface area (Å²) < 4.78 is 10.7. The zero-order valence-electron chi connectivity index (χ0n) is 9.39. The maximum atomic E-state index is 5.71. The van der Waals surface area contributed by atoms with Crippen LogP contribution in [0.3, 0.4) is 0 Å². The van der Waals surface area contributed by atoms with E-state index in [1.807, 2.05) is 30.3 Å². The van der Waals surface area contributed by atoms with Gasteiger partial charge in [-0.3, -0.25) is 0 Å². The molecule has 88 valence electrons. The van der Waals surface area contributed by atoms with E-state index in [1.165, 1.54) is 0 Å². The number of methoxy groups -OCH3 is 1. The van der Waals surface area contributed by atoms with Crippen molar-refractivity contribution in [1.82, 2.24) is 4.98 Å². The Balaban J connectivity index is 2.18. The van der Waals surface area contributed by atoms with Gasteiger partial charge in [-0.05, 0) is 18.2 Å². The standard InChI is InChI=1S/C13H12ClNO2/c1-16-11-5-3-6-12(8-11)17-13-7-2-4-10(9-14)15-13/h2-8H,9H2,1H3. The number of benzene rings is 1. The third kappa shape index (κ3) is 3.11. The number of nitrogens with zero attached hydrogens (tertiary/aromatic N) is 1. The van der Waals surface area contributed by atoms with Crippen molar-refractivity contribution in [1.29, 1.82) is 0 Å². The molecule has 1 aromatic carbocycles. The Morgan fingerprint density at radius 3 is 2.65 bits per heavy atom. The zero-order chi connectivity index (χ0) is 12.1. The van der Waals surface area contributed by atoms with E-state index in [9.17, 15) is 0 Å². The SMILES string of the molecule is COc1cccc(Oc2cccc(CCl)n2)c1. The van der Waals surface area contributed by atoms with Gasteiger partial charge in [-0.1, -0.05) is 12.1 Å². The van der Waals surface area contributed by atoms with Crippen LogP contribution in [-0.4, -0.2) is 12.1 Å². The van der Waals surface area contributed by atoms with Crippen molar-refractivity contribution in [3.63, 3.8) is 0 Å². The van der Waals surface area contributed by atoms with Gasteiger partial charge in [0.2, 0.25) is 5.88 Å². The van der Waals surface area contributed by atoms with Crippen molar-refractivity contribution in [2.45, 2.75) is 5.88 Å². The second kappa shape index (κ2) is 5.55. The first kappa shape index (κ1) is 11.7. The summed E-state index contributed by atoms with van der Waals surface area (Å²) in [6.45, 7) is 0. The lowest BCUT2D eigenvalue weighted by Crippen LogP contribution is -1.91. The largest absolute Gasteiger partial charge is 0.497 e. The molecule has 0 bridgehead atoms. The summed E-state index contributed by atoms with van der Waals surface area (Å²) in [5, 5.41) is 0. The third-order valence-electron chi connectivity index (χ3n) is 2.18. The summed E-state index contributed by atoms with van der Waals surface area (Å²) in [6, 6.07) is 12.9. The summed E-state index contributed by atoms with van der Waals surface area (Å²) in [7, 11) is 1.62. The molecule has 0 aliphatic carbocycles. The molecule has 17 heavy (non-hydrogen) atoms. The van der Waals surface area contributed by atoms with Gasteiger partial charge < -0.3 is 9.47 Å². The Hall–Kier alpha value is -1.74. The molecule has 2 aromatic rings. The van der Waals surface area contributed by atoms with E-state index in [1.54, 1.807) is 19.2 Å². The Bertz CT molecular complexity index is 457. The molecule has 0 unspecified atom stereocenters. The average molecular weight is 250 g/mol. The quantitative estimate of drug-likeness (QED) is 0.776. The molecule has 0 aliphatic heterocycles. The van der Waals surface area contributed by atoms with Gasteiger partial charge in [0.15, 0.2) is 0 Å². The van der Waals surface area contributed by atoms with Crippen molar-refractivity contribution in [2.24, 2.45) is 0 Å². The molecule has 0 N–H and O–H groups in total. The maximum Gasteiger partial charge on any atom is 0.219 e. The molecular formula is C13H12ClNO2. The molecule has 0 atom stereocenters. The van der Waals surface area contributed by atoms with Gasteiger partial charge in [-0.15, -0.1) is 11.6 Å². The fraction of sp³-hybridized carbons (Fsp3) is 0.154. The molecule has 3 nitrogen and oxygen atoms in total. The normalized spacial score (nSPS) is 10.0. The minimum atomic E-state index is 0.370. The van der Waals surface area contributed by atoms with Crippen LogP contribution in [0.15, 0.2) is 42.5 Å². The Morgan fingerprint density at radius 1 is 1.12 bits per heavy atom. The van der Waals surface area contributed by atoms with Crippen LogP contribution < -0.4 is 9.47 Å². The molecule has 0 aliphatic rings. The van der Waals surface area contributed by atoms with Gasteiger partial charge in [0.05, 0.1) is 18.7 Å². The molecule has 0 saturated carbocycles. The van der Waals surface area contributed by atoms with Crippen LogP contribution in [0.25, 0.3) is 0 Å². The van der Waals surface area contributed by atoms with Crippen molar-refractivity contribution in [3.8, 4) is 17.4 Å². The van der Waals surface area contributed by atoms with Crippen LogP contribution in [0.2, 0.25) is 0 Å². The number of hydrogen-bond acceptors (Lipinski definition) is 3.